The quantitative estimate of drug-likeness (QED) is 0.712. The van der Waals surface area contributed by atoms with Crippen LogP contribution in [0.4, 0.5) is 0 Å². The van der Waals surface area contributed by atoms with Crippen LogP contribution < -0.4 is 15.8 Å². The van der Waals surface area contributed by atoms with Crippen molar-refractivity contribution < 1.29 is 14.3 Å². The van der Waals surface area contributed by atoms with Gasteiger partial charge in [0.15, 0.2) is 0 Å². The van der Waals surface area contributed by atoms with Gasteiger partial charge in [0.2, 0.25) is 5.91 Å². The first-order chi connectivity index (χ1) is 10.0. The first-order valence-corrected chi connectivity index (χ1v) is 7.42. The summed E-state index contributed by atoms with van der Waals surface area (Å²) >= 11 is 0. The number of benzene rings is 1. The molecule has 0 aromatic heterocycles. The molecule has 0 radical (unpaired) electrons. The van der Waals surface area contributed by atoms with E-state index < -0.39 is 5.54 Å². The molecule has 5 heteroatoms. The first kappa shape index (κ1) is 15.8. The lowest BCUT2D eigenvalue weighted by molar-refractivity contribution is -0.123. The number of ether oxygens (including phenoxy) is 2. The summed E-state index contributed by atoms with van der Waals surface area (Å²) in [6, 6.07) is 5.96. The Morgan fingerprint density at radius 1 is 1.38 bits per heavy atom. The maximum atomic E-state index is 11.9. The van der Waals surface area contributed by atoms with E-state index in [2.05, 4.69) is 5.32 Å². The molecule has 116 valence electrons. The molecule has 1 aromatic rings. The minimum absolute atomic E-state index is 0.0802. The zero-order valence-corrected chi connectivity index (χ0v) is 12.8. The average molecular weight is 292 g/mol. The number of amides is 1. The molecule has 1 aliphatic carbocycles. The first-order valence-electron chi connectivity index (χ1n) is 7.42. The van der Waals surface area contributed by atoms with Crippen LogP contribution in [0.3, 0.4) is 0 Å². The maximum absolute atomic E-state index is 11.9. The van der Waals surface area contributed by atoms with Crippen molar-refractivity contribution >= 4 is 5.91 Å². The fourth-order valence-corrected chi connectivity index (χ4v) is 2.01. The van der Waals surface area contributed by atoms with Crippen LogP contribution in [0, 0.1) is 6.92 Å². The summed E-state index contributed by atoms with van der Waals surface area (Å²) in [7, 11) is 0. The zero-order chi connectivity index (χ0) is 15.3. The monoisotopic (exact) mass is 292 g/mol. The Labute approximate surface area is 125 Å². The highest BCUT2D eigenvalue weighted by atomic mass is 16.5. The second kappa shape index (κ2) is 6.91. The van der Waals surface area contributed by atoms with E-state index in [1.165, 1.54) is 0 Å². The third-order valence-electron chi connectivity index (χ3n) is 3.59. The van der Waals surface area contributed by atoms with Gasteiger partial charge in [-0.15, -0.1) is 0 Å². The fourth-order valence-electron chi connectivity index (χ4n) is 2.01. The molecule has 1 saturated carbocycles. The molecule has 3 N–H and O–H groups in total. The average Bonchev–Trinajstić information content (AvgIpc) is 3.21. The number of carbonyl (C=O) groups is 1. The number of carbonyl (C=O) groups excluding carboxylic acids is 1. The molecule has 0 atom stereocenters. The Morgan fingerprint density at radius 3 is 2.81 bits per heavy atom. The van der Waals surface area contributed by atoms with Gasteiger partial charge in [-0.2, -0.15) is 0 Å². The van der Waals surface area contributed by atoms with Gasteiger partial charge in [0, 0.05) is 18.7 Å². The molecule has 1 amide bonds. The second-order valence-corrected chi connectivity index (χ2v) is 5.50. The third kappa shape index (κ3) is 4.44. The van der Waals surface area contributed by atoms with Gasteiger partial charge in [0.25, 0.3) is 0 Å². The highest BCUT2D eigenvalue weighted by Crippen LogP contribution is 2.32. The normalized spacial score (nSPS) is 15.6. The lowest BCUT2D eigenvalue weighted by atomic mass is 10.1. The summed E-state index contributed by atoms with van der Waals surface area (Å²) in [5.74, 6) is 0.709. The molecule has 0 unspecified atom stereocenters. The van der Waals surface area contributed by atoms with Crippen molar-refractivity contribution in [2.75, 3.05) is 19.8 Å². The summed E-state index contributed by atoms with van der Waals surface area (Å²) in [4.78, 5) is 11.9. The predicted molar refractivity (Wildman–Crippen MR) is 81.2 cm³/mol. The lowest BCUT2D eigenvalue weighted by Gasteiger charge is -2.14. The van der Waals surface area contributed by atoms with Crippen LogP contribution in [0.15, 0.2) is 18.2 Å². The van der Waals surface area contributed by atoms with Crippen molar-refractivity contribution in [3.8, 4) is 5.75 Å². The minimum Gasteiger partial charge on any atom is -0.491 e. The van der Waals surface area contributed by atoms with Crippen molar-refractivity contribution in [2.24, 2.45) is 5.73 Å². The summed E-state index contributed by atoms with van der Waals surface area (Å²) in [6.07, 6.45) is 1.54. The van der Waals surface area contributed by atoms with Gasteiger partial charge in [0.1, 0.15) is 12.4 Å². The van der Waals surface area contributed by atoms with Gasteiger partial charge in [-0.1, -0.05) is 12.1 Å². The molecule has 5 nitrogen and oxygen atoms in total. The van der Waals surface area contributed by atoms with Crippen LogP contribution >= 0.6 is 0 Å². The lowest BCUT2D eigenvalue weighted by Crippen LogP contribution is -2.42. The van der Waals surface area contributed by atoms with Crippen LogP contribution in [-0.4, -0.2) is 31.3 Å². The Morgan fingerprint density at radius 2 is 2.14 bits per heavy atom. The van der Waals surface area contributed by atoms with E-state index in [0.717, 1.165) is 29.7 Å². The van der Waals surface area contributed by atoms with Crippen LogP contribution in [0.1, 0.15) is 30.9 Å². The largest absolute Gasteiger partial charge is 0.491 e. The Hall–Kier alpha value is -1.59. The van der Waals surface area contributed by atoms with Crippen molar-refractivity contribution in [3.63, 3.8) is 0 Å². The van der Waals surface area contributed by atoms with Gasteiger partial charge < -0.3 is 20.5 Å². The molecule has 2 rings (SSSR count). The molecule has 21 heavy (non-hydrogen) atoms. The van der Waals surface area contributed by atoms with Crippen molar-refractivity contribution in [1.29, 1.82) is 0 Å². The summed E-state index contributed by atoms with van der Waals surface area (Å²) < 4.78 is 11.0. The van der Waals surface area contributed by atoms with E-state index in [0.29, 0.717) is 26.4 Å². The minimum atomic E-state index is -0.638. The van der Waals surface area contributed by atoms with Gasteiger partial charge in [0.05, 0.1) is 12.1 Å². The molecule has 0 heterocycles. The molecule has 0 bridgehead atoms. The number of rotatable bonds is 8. The molecule has 0 saturated heterocycles. The predicted octanol–water partition coefficient (Wildman–Crippen LogP) is 1.52. The summed E-state index contributed by atoms with van der Waals surface area (Å²) in [5, 5.41) is 2.89. The van der Waals surface area contributed by atoms with E-state index in [4.69, 9.17) is 15.2 Å². The molecule has 1 aromatic carbocycles. The molecule has 1 aliphatic rings. The Kier molecular flexibility index (Phi) is 5.20. The standard InChI is InChI=1S/C16H24N2O3/c1-3-20-8-9-21-14-10-12(2)4-5-13(14)11-18-15(19)16(17)6-7-16/h4-5,10H,3,6-9,11,17H2,1-2H3,(H,18,19). The highest BCUT2D eigenvalue weighted by molar-refractivity contribution is 5.88. The molecule has 0 aliphatic heterocycles. The smallest absolute Gasteiger partial charge is 0.240 e. The van der Waals surface area contributed by atoms with Crippen LogP contribution in [0.2, 0.25) is 0 Å². The SMILES string of the molecule is CCOCCOc1cc(C)ccc1CNC(=O)C1(N)CC1. The van der Waals surface area contributed by atoms with Gasteiger partial charge in [-0.05, 0) is 38.3 Å². The maximum Gasteiger partial charge on any atom is 0.240 e. The number of hydrogen-bond acceptors (Lipinski definition) is 4. The Bertz CT molecular complexity index is 498. The molecule has 1 fully saturated rings. The third-order valence-corrected chi connectivity index (χ3v) is 3.59. The zero-order valence-electron chi connectivity index (χ0n) is 12.8. The fraction of sp³-hybridized carbons (Fsp3) is 0.562. The molecule has 0 spiro atoms. The van der Waals surface area contributed by atoms with E-state index in [1.54, 1.807) is 0 Å². The summed E-state index contributed by atoms with van der Waals surface area (Å²) in [6.45, 7) is 6.13. The highest BCUT2D eigenvalue weighted by Gasteiger charge is 2.45. The second-order valence-electron chi connectivity index (χ2n) is 5.50. The van der Waals surface area contributed by atoms with E-state index in [1.807, 2.05) is 32.0 Å². The number of nitrogens with two attached hydrogens (primary N) is 1. The van der Waals surface area contributed by atoms with E-state index in [-0.39, 0.29) is 5.91 Å². The molecular formula is C16H24N2O3. The number of hydrogen-bond donors (Lipinski definition) is 2. The van der Waals surface area contributed by atoms with Gasteiger partial charge >= 0.3 is 0 Å². The Balaban J connectivity index is 1.92. The van der Waals surface area contributed by atoms with Crippen molar-refractivity contribution in [3.05, 3.63) is 29.3 Å². The van der Waals surface area contributed by atoms with Crippen molar-refractivity contribution in [2.45, 2.75) is 38.8 Å². The van der Waals surface area contributed by atoms with Crippen molar-refractivity contribution in [1.82, 2.24) is 5.32 Å². The van der Waals surface area contributed by atoms with E-state index >= 15 is 0 Å². The summed E-state index contributed by atoms with van der Waals surface area (Å²) in [5.41, 5.74) is 7.30. The number of aryl methyl sites for hydroxylation is 1. The van der Waals surface area contributed by atoms with E-state index in [9.17, 15) is 4.79 Å². The molecular weight excluding hydrogens is 268 g/mol. The van der Waals surface area contributed by atoms with Crippen LogP contribution in [-0.2, 0) is 16.1 Å². The van der Waals surface area contributed by atoms with Gasteiger partial charge in [-0.25, -0.2) is 0 Å². The van der Waals surface area contributed by atoms with Crippen LogP contribution in [0.25, 0.3) is 0 Å². The van der Waals surface area contributed by atoms with Crippen LogP contribution in [0.5, 0.6) is 5.75 Å². The van der Waals surface area contributed by atoms with Gasteiger partial charge in [-0.3, -0.25) is 4.79 Å². The topological polar surface area (TPSA) is 73.6 Å². The number of nitrogens with one attached hydrogen (secondary N) is 1.